The first kappa shape index (κ1) is 14.1. The van der Waals surface area contributed by atoms with E-state index in [9.17, 15) is 0 Å². The van der Waals surface area contributed by atoms with Crippen LogP contribution < -0.4 is 10.6 Å². The minimum atomic E-state index is 0.282. The van der Waals surface area contributed by atoms with Crippen LogP contribution in [0.25, 0.3) is 0 Å². The van der Waals surface area contributed by atoms with Gasteiger partial charge in [-0.05, 0) is 31.5 Å². The SMILES string of the molecule is CC(CC1COCCN1)Nc1ccc(C#N)cc1Cl. The summed E-state index contributed by atoms with van der Waals surface area (Å²) in [7, 11) is 0. The van der Waals surface area contributed by atoms with E-state index in [2.05, 4.69) is 23.6 Å². The number of benzene rings is 1. The van der Waals surface area contributed by atoms with Crippen molar-refractivity contribution >= 4 is 17.3 Å². The normalized spacial score (nSPS) is 20.6. The third kappa shape index (κ3) is 4.10. The molecule has 0 amide bonds. The molecule has 2 rings (SSSR count). The standard InChI is InChI=1S/C14H18ClN3O/c1-10(6-12-9-19-5-4-17-12)18-14-3-2-11(8-16)7-13(14)15/h2-3,7,10,12,17-18H,4-6,9H2,1H3. The first-order valence-electron chi connectivity index (χ1n) is 6.46. The molecular weight excluding hydrogens is 262 g/mol. The van der Waals surface area contributed by atoms with Crippen LogP contribution in [0.15, 0.2) is 18.2 Å². The summed E-state index contributed by atoms with van der Waals surface area (Å²) in [5.74, 6) is 0. The molecule has 0 aliphatic carbocycles. The number of nitrogens with zero attached hydrogens (tertiary/aromatic N) is 1. The van der Waals surface area contributed by atoms with E-state index in [0.29, 0.717) is 16.6 Å². The Morgan fingerprint density at radius 2 is 2.47 bits per heavy atom. The van der Waals surface area contributed by atoms with E-state index >= 15 is 0 Å². The van der Waals surface area contributed by atoms with Crippen molar-refractivity contribution in [3.05, 3.63) is 28.8 Å². The maximum Gasteiger partial charge on any atom is 0.0992 e. The zero-order valence-electron chi connectivity index (χ0n) is 10.9. The first-order chi connectivity index (χ1) is 9.19. The average molecular weight is 280 g/mol. The second-order valence-corrected chi connectivity index (χ2v) is 5.22. The Bertz CT molecular complexity index is 466. The van der Waals surface area contributed by atoms with Crippen LogP contribution in [0.2, 0.25) is 5.02 Å². The molecule has 2 N–H and O–H groups in total. The molecule has 102 valence electrons. The monoisotopic (exact) mass is 279 g/mol. The Balaban J connectivity index is 1.91. The highest BCUT2D eigenvalue weighted by atomic mass is 35.5. The van der Waals surface area contributed by atoms with E-state index in [1.165, 1.54) is 0 Å². The summed E-state index contributed by atoms with van der Waals surface area (Å²) in [4.78, 5) is 0. The number of morpholine rings is 1. The van der Waals surface area contributed by atoms with Crippen molar-refractivity contribution in [2.24, 2.45) is 0 Å². The van der Waals surface area contributed by atoms with Gasteiger partial charge in [-0.2, -0.15) is 5.26 Å². The smallest absolute Gasteiger partial charge is 0.0992 e. The van der Waals surface area contributed by atoms with E-state index in [1.807, 2.05) is 6.07 Å². The molecule has 1 saturated heterocycles. The lowest BCUT2D eigenvalue weighted by atomic mass is 10.1. The van der Waals surface area contributed by atoms with Crippen LogP contribution in [-0.4, -0.2) is 31.8 Å². The molecule has 1 aromatic carbocycles. The van der Waals surface area contributed by atoms with Gasteiger partial charge in [0.2, 0.25) is 0 Å². The van der Waals surface area contributed by atoms with E-state index in [0.717, 1.165) is 31.9 Å². The molecule has 0 spiro atoms. The van der Waals surface area contributed by atoms with Gasteiger partial charge < -0.3 is 15.4 Å². The number of nitriles is 1. The van der Waals surface area contributed by atoms with Gasteiger partial charge in [0.1, 0.15) is 0 Å². The number of hydrogen-bond acceptors (Lipinski definition) is 4. The summed E-state index contributed by atoms with van der Waals surface area (Å²) in [6, 6.07) is 8.04. The van der Waals surface area contributed by atoms with Gasteiger partial charge in [-0.25, -0.2) is 0 Å². The second kappa shape index (κ2) is 6.76. The molecule has 1 fully saturated rings. The lowest BCUT2D eigenvalue weighted by Crippen LogP contribution is -2.43. The van der Waals surface area contributed by atoms with Gasteiger partial charge in [0, 0.05) is 18.6 Å². The molecule has 0 radical (unpaired) electrons. The second-order valence-electron chi connectivity index (χ2n) is 4.81. The minimum Gasteiger partial charge on any atom is -0.381 e. The zero-order valence-corrected chi connectivity index (χ0v) is 11.7. The van der Waals surface area contributed by atoms with Gasteiger partial charge in [0.05, 0.1) is 35.6 Å². The number of rotatable bonds is 4. The van der Waals surface area contributed by atoms with E-state index in [-0.39, 0.29) is 6.04 Å². The van der Waals surface area contributed by atoms with Gasteiger partial charge in [0.25, 0.3) is 0 Å². The lowest BCUT2D eigenvalue weighted by Gasteiger charge is -2.27. The summed E-state index contributed by atoms with van der Waals surface area (Å²) in [5, 5.41) is 16.2. The Labute approximate surface area is 118 Å². The maximum absolute atomic E-state index is 8.80. The van der Waals surface area contributed by atoms with Crippen LogP contribution in [0, 0.1) is 11.3 Å². The fourth-order valence-electron chi connectivity index (χ4n) is 2.22. The summed E-state index contributed by atoms with van der Waals surface area (Å²) >= 11 is 6.14. The predicted octanol–water partition coefficient (Wildman–Crippen LogP) is 2.39. The maximum atomic E-state index is 8.80. The number of anilines is 1. The highest BCUT2D eigenvalue weighted by Gasteiger charge is 2.16. The zero-order chi connectivity index (χ0) is 13.7. The van der Waals surface area contributed by atoms with Crippen LogP contribution in [0.5, 0.6) is 0 Å². The summed E-state index contributed by atoms with van der Waals surface area (Å²) in [6.07, 6.45) is 0.969. The fourth-order valence-corrected chi connectivity index (χ4v) is 2.46. The lowest BCUT2D eigenvalue weighted by molar-refractivity contribution is 0.0731. The van der Waals surface area contributed by atoms with Gasteiger partial charge in [0.15, 0.2) is 0 Å². The van der Waals surface area contributed by atoms with Crippen molar-refractivity contribution < 1.29 is 4.74 Å². The third-order valence-electron chi connectivity index (χ3n) is 3.14. The highest BCUT2D eigenvalue weighted by Crippen LogP contribution is 2.24. The van der Waals surface area contributed by atoms with Crippen molar-refractivity contribution in [2.75, 3.05) is 25.1 Å². The van der Waals surface area contributed by atoms with E-state index in [4.69, 9.17) is 21.6 Å². The van der Waals surface area contributed by atoms with Crippen molar-refractivity contribution in [1.82, 2.24) is 5.32 Å². The minimum absolute atomic E-state index is 0.282. The molecule has 0 aromatic heterocycles. The number of hydrogen-bond donors (Lipinski definition) is 2. The van der Waals surface area contributed by atoms with E-state index in [1.54, 1.807) is 12.1 Å². The Morgan fingerprint density at radius 3 is 3.11 bits per heavy atom. The average Bonchev–Trinajstić information content (AvgIpc) is 2.42. The predicted molar refractivity (Wildman–Crippen MR) is 76.5 cm³/mol. The summed E-state index contributed by atoms with van der Waals surface area (Å²) in [5.41, 5.74) is 1.44. The quantitative estimate of drug-likeness (QED) is 0.889. The molecule has 1 heterocycles. The molecule has 4 nitrogen and oxygen atoms in total. The van der Waals surface area contributed by atoms with Gasteiger partial charge in [-0.15, -0.1) is 0 Å². The van der Waals surface area contributed by atoms with Crippen LogP contribution in [0.4, 0.5) is 5.69 Å². The van der Waals surface area contributed by atoms with Gasteiger partial charge in [-0.1, -0.05) is 11.6 Å². The van der Waals surface area contributed by atoms with Crippen molar-refractivity contribution in [2.45, 2.75) is 25.4 Å². The molecule has 0 saturated carbocycles. The van der Waals surface area contributed by atoms with Crippen molar-refractivity contribution in [3.8, 4) is 6.07 Å². The number of halogens is 1. The Kier molecular flexibility index (Phi) is 5.03. The molecule has 1 aromatic rings. The van der Waals surface area contributed by atoms with Crippen LogP contribution in [-0.2, 0) is 4.74 Å². The molecule has 2 atom stereocenters. The van der Waals surface area contributed by atoms with Gasteiger partial charge >= 0.3 is 0 Å². The van der Waals surface area contributed by atoms with Crippen LogP contribution in [0.1, 0.15) is 18.9 Å². The highest BCUT2D eigenvalue weighted by molar-refractivity contribution is 6.33. The third-order valence-corrected chi connectivity index (χ3v) is 3.45. The largest absolute Gasteiger partial charge is 0.381 e. The van der Waals surface area contributed by atoms with Crippen LogP contribution >= 0.6 is 11.6 Å². The summed E-state index contributed by atoms with van der Waals surface area (Å²) in [6.45, 7) is 4.58. The molecule has 2 unspecified atom stereocenters. The molecule has 1 aliphatic rings. The fraction of sp³-hybridized carbons (Fsp3) is 0.500. The van der Waals surface area contributed by atoms with Crippen LogP contribution in [0.3, 0.4) is 0 Å². The molecule has 5 heteroatoms. The summed E-state index contributed by atoms with van der Waals surface area (Å²) < 4.78 is 5.43. The topological polar surface area (TPSA) is 57.1 Å². The molecule has 19 heavy (non-hydrogen) atoms. The first-order valence-corrected chi connectivity index (χ1v) is 6.84. The number of ether oxygens (including phenoxy) is 1. The number of nitrogens with one attached hydrogen (secondary N) is 2. The van der Waals surface area contributed by atoms with Crippen molar-refractivity contribution in [3.63, 3.8) is 0 Å². The Morgan fingerprint density at radius 1 is 1.63 bits per heavy atom. The molecule has 0 bridgehead atoms. The Hall–Kier alpha value is -1.28. The van der Waals surface area contributed by atoms with Crippen molar-refractivity contribution in [1.29, 1.82) is 5.26 Å². The molecule has 1 aliphatic heterocycles. The van der Waals surface area contributed by atoms with Gasteiger partial charge in [-0.3, -0.25) is 0 Å². The van der Waals surface area contributed by atoms with E-state index < -0.39 is 0 Å². The molecular formula is C14H18ClN3O.